The number of alkyl halides is 6. The van der Waals surface area contributed by atoms with Crippen LogP contribution in [0.5, 0.6) is 0 Å². The Morgan fingerprint density at radius 2 is 1.62 bits per heavy atom. The number of benzene rings is 1. The molecular weight excluding hydrogens is 300 g/mol. The molecule has 0 saturated carbocycles. The first kappa shape index (κ1) is 17.8. The Morgan fingerprint density at radius 3 is 2.05 bits per heavy atom. The molecule has 120 valence electrons. The maximum absolute atomic E-state index is 12.4. The van der Waals surface area contributed by atoms with E-state index in [4.69, 9.17) is 0 Å². The lowest BCUT2D eigenvalue weighted by atomic mass is 10.1. The van der Waals surface area contributed by atoms with Crippen LogP contribution >= 0.6 is 0 Å². The van der Waals surface area contributed by atoms with Crippen LogP contribution in [0.3, 0.4) is 0 Å². The van der Waals surface area contributed by atoms with Gasteiger partial charge in [0.05, 0.1) is 18.2 Å². The topological polar surface area (TPSA) is 21.3 Å². The molecule has 0 heterocycles. The summed E-state index contributed by atoms with van der Waals surface area (Å²) in [5.74, 6) is 0. The van der Waals surface area contributed by atoms with Gasteiger partial charge >= 0.3 is 12.4 Å². The molecule has 1 rings (SSSR count). The number of likely N-dealkylation sites (N-methyl/N-ethyl adjacent to an activating group) is 1. The fourth-order valence-electron chi connectivity index (χ4n) is 1.72. The Labute approximate surface area is 118 Å². The predicted molar refractivity (Wildman–Crippen MR) is 64.7 cm³/mol. The number of rotatable bonds is 6. The van der Waals surface area contributed by atoms with Crippen LogP contribution in [0.2, 0.25) is 0 Å². The molecule has 0 bridgehead atoms. The summed E-state index contributed by atoms with van der Waals surface area (Å²) in [5, 5.41) is 2.87. The summed E-state index contributed by atoms with van der Waals surface area (Å²) >= 11 is 0. The molecule has 0 aliphatic carbocycles. The minimum Gasteiger partial charge on any atom is -0.370 e. The highest BCUT2D eigenvalue weighted by atomic mass is 19.4. The molecule has 1 atom stereocenters. The van der Waals surface area contributed by atoms with E-state index < -0.39 is 30.6 Å². The SMILES string of the molecule is CCNC(COCC(F)(F)F)c1ccc(C(F)(F)F)cc1. The summed E-state index contributed by atoms with van der Waals surface area (Å²) in [6.45, 7) is 0.510. The summed E-state index contributed by atoms with van der Waals surface area (Å²) in [4.78, 5) is 0. The molecule has 0 aliphatic rings. The molecule has 1 aromatic carbocycles. The normalized spacial score (nSPS) is 14.2. The summed E-state index contributed by atoms with van der Waals surface area (Å²) in [5.41, 5.74) is -0.371. The molecule has 0 aliphatic heterocycles. The third-order valence-corrected chi connectivity index (χ3v) is 2.64. The second-order valence-corrected chi connectivity index (χ2v) is 4.36. The van der Waals surface area contributed by atoms with Gasteiger partial charge in [0.15, 0.2) is 0 Å². The Hall–Kier alpha value is -1.28. The van der Waals surface area contributed by atoms with Crippen molar-refractivity contribution < 1.29 is 31.1 Å². The van der Waals surface area contributed by atoms with Crippen LogP contribution in [0.25, 0.3) is 0 Å². The van der Waals surface area contributed by atoms with E-state index >= 15 is 0 Å². The Kier molecular flexibility index (Phi) is 6.03. The van der Waals surface area contributed by atoms with E-state index in [1.54, 1.807) is 6.92 Å². The van der Waals surface area contributed by atoms with E-state index in [9.17, 15) is 26.3 Å². The third-order valence-electron chi connectivity index (χ3n) is 2.64. The van der Waals surface area contributed by atoms with E-state index in [2.05, 4.69) is 10.1 Å². The molecule has 0 saturated heterocycles. The lowest BCUT2D eigenvalue weighted by Gasteiger charge is -2.19. The van der Waals surface area contributed by atoms with Crippen molar-refractivity contribution in [2.75, 3.05) is 19.8 Å². The van der Waals surface area contributed by atoms with Gasteiger partial charge in [-0.3, -0.25) is 0 Å². The number of ether oxygens (including phenoxy) is 1. The van der Waals surface area contributed by atoms with Crippen molar-refractivity contribution in [3.05, 3.63) is 35.4 Å². The van der Waals surface area contributed by atoms with Crippen LogP contribution in [0.15, 0.2) is 24.3 Å². The van der Waals surface area contributed by atoms with Gasteiger partial charge in [-0.05, 0) is 24.2 Å². The summed E-state index contributed by atoms with van der Waals surface area (Å²) in [7, 11) is 0. The molecule has 0 aromatic heterocycles. The second-order valence-electron chi connectivity index (χ2n) is 4.36. The van der Waals surface area contributed by atoms with Crippen LogP contribution in [-0.2, 0) is 10.9 Å². The van der Waals surface area contributed by atoms with Crippen molar-refractivity contribution in [2.45, 2.75) is 25.3 Å². The average molecular weight is 315 g/mol. The van der Waals surface area contributed by atoms with E-state index in [0.717, 1.165) is 12.1 Å². The zero-order valence-corrected chi connectivity index (χ0v) is 11.2. The first-order valence-corrected chi connectivity index (χ1v) is 6.18. The first-order valence-electron chi connectivity index (χ1n) is 6.18. The quantitative estimate of drug-likeness (QED) is 0.803. The zero-order chi connectivity index (χ0) is 16.1. The van der Waals surface area contributed by atoms with Crippen LogP contribution in [0, 0.1) is 0 Å². The molecule has 1 aromatic rings. The van der Waals surface area contributed by atoms with Gasteiger partial charge in [-0.15, -0.1) is 0 Å². The minimum absolute atomic E-state index is 0.279. The standard InChI is InChI=1S/C13H15F6NO/c1-2-20-11(7-21-8-12(14,15)16)9-3-5-10(6-4-9)13(17,18)19/h3-6,11,20H,2,7-8H2,1H3. The predicted octanol–water partition coefficient (Wildman–Crippen LogP) is 3.93. The smallest absolute Gasteiger partial charge is 0.370 e. The van der Waals surface area contributed by atoms with Gasteiger partial charge in [0.25, 0.3) is 0 Å². The molecule has 0 radical (unpaired) electrons. The van der Waals surface area contributed by atoms with Gasteiger partial charge in [-0.2, -0.15) is 26.3 Å². The van der Waals surface area contributed by atoms with Gasteiger partial charge in [0, 0.05) is 0 Å². The summed E-state index contributed by atoms with van der Waals surface area (Å²) in [6, 6.07) is 3.65. The zero-order valence-electron chi connectivity index (χ0n) is 11.2. The molecule has 8 heteroatoms. The summed E-state index contributed by atoms with van der Waals surface area (Å²) < 4.78 is 77.9. The fourth-order valence-corrected chi connectivity index (χ4v) is 1.72. The van der Waals surface area contributed by atoms with Gasteiger partial charge in [-0.1, -0.05) is 19.1 Å². The van der Waals surface area contributed by atoms with Crippen molar-refractivity contribution in [3.63, 3.8) is 0 Å². The molecule has 21 heavy (non-hydrogen) atoms. The molecular formula is C13H15F6NO. The lowest BCUT2D eigenvalue weighted by Crippen LogP contribution is -2.28. The van der Waals surface area contributed by atoms with Crippen molar-refractivity contribution in [3.8, 4) is 0 Å². The number of nitrogens with one attached hydrogen (secondary N) is 1. The van der Waals surface area contributed by atoms with Gasteiger partial charge in [0.2, 0.25) is 0 Å². The van der Waals surface area contributed by atoms with E-state index in [0.29, 0.717) is 12.1 Å². The van der Waals surface area contributed by atoms with E-state index in [1.807, 2.05) is 0 Å². The van der Waals surface area contributed by atoms with E-state index in [-0.39, 0.29) is 6.61 Å². The maximum atomic E-state index is 12.4. The third kappa shape index (κ3) is 6.34. The molecule has 0 fully saturated rings. The molecule has 1 unspecified atom stereocenters. The van der Waals surface area contributed by atoms with Crippen molar-refractivity contribution >= 4 is 0 Å². The van der Waals surface area contributed by atoms with Crippen molar-refractivity contribution in [2.24, 2.45) is 0 Å². The highest BCUT2D eigenvalue weighted by molar-refractivity contribution is 5.26. The first-order chi connectivity index (χ1) is 9.63. The van der Waals surface area contributed by atoms with Gasteiger partial charge in [0.1, 0.15) is 6.61 Å². The van der Waals surface area contributed by atoms with Crippen LogP contribution < -0.4 is 5.32 Å². The Balaban J connectivity index is 2.72. The Morgan fingerprint density at radius 1 is 1.05 bits per heavy atom. The molecule has 0 spiro atoms. The Bertz CT molecular complexity index is 426. The fraction of sp³-hybridized carbons (Fsp3) is 0.538. The minimum atomic E-state index is -4.45. The van der Waals surface area contributed by atoms with Crippen molar-refractivity contribution in [1.29, 1.82) is 0 Å². The average Bonchev–Trinajstić information content (AvgIpc) is 2.35. The monoisotopic (exact) mass is 315 g/mol. The highest BCUT2D eigenvalue weighted by Gasteiger charge is 2.30. The van der Waals surface area contributed by atoms with Crippen LogP contribution in [0.1, 0.15) is 24.1 Å². The lowest BCUT2D eigenvalue weighted by molar-refractivity contribution is -0.175. The highest BCUT2D eigenvalue weighted by Crippen LogP contribution is 2.30. The van der Waals surface area contributed by atoms with Crippen LogP contribution in [-0.4, -0.2) is 25.9 Å². The molecule has 1 N–H and O–H groups in total. The number of hydrogen-bond acceptors (Lipinski definition) is 2. The number of halogens is 6. The largest absolute Gasteiger partial charge is 0.416 e. The molecule has 2 nitrogen and oxygen atoms in total. The maximum Gasteiger partial charge on any atom is 0.416 e. The van der Waals surface area contributed by atoms with E-state index in [1.165, 1.54) is 12.1 Å². The van der Waals surface area contributed by atoms with Crippen LogP contribution in [0.4, 0.5) is 26.3 Å². The van der Waals surface area contributed by atoms with Gasteiger partial charge in [-0.25, -0.2) is 0 Å². The number of hydrogen-bond donors (Lipinski definition) is 1. The van der Waals surface area contributed by atoms with Gasteiger partial charge < -0.3 is 10.1 Å². The van der Waals surface area contributed by atoms with Crippen molar-refractivity contribution in [1.82, 2.24) is 5.32 Å². The second kappa shape index (κ2) is 7.13. The molecule has 0 amide bonds. The summed E-state index contributed by atoms with van der Waals surface area (Å²) in [6.07, 6.45) is -8.88.